The molecule has 0 aliphatic carbocycles. The maximum Gasteiger partial charge on any atom is 0.215 e. The summed E-state index contributed by atoms with van der Waals surface area (Å²) in [5.74, 6) is 0.842. The van der Waals surface area contributed by atoms with Crippen LogP contribution in [0.1, 0.15) is 5.56 Å². The first-order chi connectivity index (χ1) is 8.13. The summed E-state index contributed by atoms with van der Waals surface area (Å²) in [5, 5.41) is 0. The predicted octanol–water partition coefficient (Wildman–Crippen LogP) is 1.45. The fourth-order valence-electron chi connectivity index (χ4n) is 1.77. The fraction of sp³-hybridized carbons (Fsp3) is 0.455. The van der Waals surface area contributed by atoms with Crippen molar-refractivity contribution >= 4 is 21.6 Å². The van der Waals surface area contributed by atoms with Gasteiger partial charge in [0.05, 0.1) is 5.75 Å². The number of nitrogens with zero attached hydrogens (tertiary/aromatic N) is 1. The van der Waals surface area contributed by atoms with Crippen LogP contribution in [-0.4, -0.2) is 37.5 Å². The second-order valence-electron chi connectivity index (χ2n) is 3.79. The standard InChI is InChI=1S/C11H14ClNO3S/c12-5-8-17(14,15)13-6-7-16-11-4-2-1-3-10(11)9-13/h1-4H,5-9H2. The van der Waals surface area contributed by atoms with Crippen molar-refractivity contribution in [2.24, 2.45) is 0 Å². The van der Waals surface area contributed by atoms with Crippen LogP contribution in [0.15, 0.2) is 24.3 Å². The van der Waals surface area contributed by atoms with Crippen molar-refractivity contribution < 1.29 is 13.2 Å². The number of para-hydroxylation sites is 1. The Morgan fingerprint density at radius 3 is 2.88 bits per heavy atom. The molecule has 94 valence electrons. The topological polar surface area (TPSA) is 46.6 Å². The van der Waals surface area contributed by atoms with Gasteiger partial charge in [-0.2, -0.15) is 4.31 Å². The molecule has 0 saturated heterocycles. The van der Waals surface area contributed by atoms with Crippen LogP contribution in [0.25, 0.3) is 0 Å². The van der Waals surface area contributed by atoms with Crippen LogP contribution >= 0.6 is 11.6 Å². The lowest BCUT2D eigenvalue weighted by Crippen LogP contribution is -2.34. The van der Waals surface area contributed by atoms with E-state index >= 15 is 0 Å². The highest BCUT2D eigenvalue weighted by atomic mass is 35.5. The van der Waals surface area contributed by atoms with Crippen LogP contribution in [0.2, 0.25) is 0 Å². The zero-order valence-corrected chi connectivity index (χ0v) is 10.9. The minimum absolute atomic E-state index is 0.0310. The monoisotopic (exact) mass is 275 g/mol. The molecule has 0 unspecified atom stereocenters. The second kappa shape index (κ2) is 5.25. The summed E-state index contributed by atoms with van der Waals surface area (Å²) in [6.45, 7) is 1.10. The first-order valence-electron chi connectivity index (χ1n) is 5.38. The van der Waals surface area contributed by atoms with Gasteiger partial charge in [0.1, 0.15) is 12.4 Å². The molecule has 2 rings (SSSR count). The number of rotatable bonds is 3. The number of hydrogen-bond acceptors (Lipinski definition) is 3. The predicted molar refractivity (Wildman–Crippen MR) is 66.9 cm³/mol. The third-order valence-electron chi connectivity index (χ3n) is 2.65. The van der Waals surface area contributed by atoms with Gasteiger partial charge in [-0.05, 0) is 6.07 Å². The van der Waals surface area contributed by atoms with Crippen molar-refractivity contribution in [3.8, 4) is 5.75 Å². The Morgan fingerprint density at radius 2 is 2.12 bits per heavy atom. The molecule has 6 heteroatoms. The van der Waals surface area contributed by atoms with Crippen molar-refractivity contribution in [3.63, 3.8) is 0 Å². The Bertz CT molecular complexity index is 489. The molecule has 0 atom stereocenters. The second-order valence-corrected chi connectivity index (χ2v) is 6.26. The first-order valence-corrected chi connectivity index (χ1v) is 7.52. The quantitative estimate of drug-likeness (QED) is 0.785. The number of sulfonamides is 1. The first kappa shape index (κ1) is 12.7. The minimum atomic E-state index is -3.28. The Hall–Kier alpha value is -0.780. The maximum absolute atomic E-state index is 11.9. The summed E-state index contributed by atoms with van der Waals surface area (Å²) in [5.41, 5.74) is 0.892. The van der Waals surface area contributed by atoms with Gasteiger partial charge >= 0.3 is 0 Å². The summed E-state index contributed by atoms with van der Waals surface area (Å²) < 4.78 is 30.8. The largest absolute Gasteiger partial charge is 0.492 e. The van der Waals surface area contributed by atoms with Crippen LogP contribution in [0, 0.1) is 0 Å². The lowest BCUT2D eigenvalue weighted by atomic mass is 10.2. The molecule has 1 heterocycles. The number of benzene rings is 1. The van der Waals surface area contributed by atoms with E-state index in [0.717, 1.165) is 11.3 Å². The van der Waals surface area contributed by atoms with Crippen LogP contribution < -0.4 is 4.74 Å². The van der Waals surface area contributed by atoms with E-state index in [1.807, 2.05) is 24.3 Å². The van der Waals surface area contributed by atoms with Crippen molar-refractivity contribution in [2.75, 3.05) is 24.8 Å². The zero-order chi connectivity index (χ0) is 12.3. The summed E-state index contributed by atoms with van der Waals surface area (Å²) >= 11 is 5.51. The van der Waals surface area contributed by atoms with Gasteiger partial charge < -0.3 is 4.74 Å². The van der Waals surface area contributed by atoms with E-state index < -0.39 is 10.0 Å². The molecular formula is C11H14ClNO3S. The van der Waals surface area contributed by atoms with E-state index in [-0.39, 0.29) is 11.6 Å². The number of hydrogen-bond donors (Lipinski definition) is 0. The molecule has 1 aromatic carbocycles. The van der Waals surface area contributed by atoms with Gasteiger partial charge in [0, 0.05) is 24.5 Å². The van der Waals surface area contributed by atoms with Gasteiger partial charge in [-0.15, -0.1) is 11.6 Å². The Labute approximate surface area is 106 Å². The van der Waals surface area contributed by atoms with Crippen molar-refractivity contribution in [1.82, 2.24) is 4.31 Å². The third kappa shape index (κ3) is 2.91. The van der Waals surface area contributed by atoms with E-state index in [1.165, 1.54) is 4.31 Å². The molecule has 0 radical (unpaired) electrons. The minimum Gasteiger partial charge on any atom is -0.492 e. The SMILES string of the molecule is O=S(=O)(CCCl)N1CCOc2ccccc2C1. The van der Waals surface area contributed by atoms with E-state index in [9.17, 15) is 8.42 Å². The maximum atomic E-state index is 11.9. The molecule has 0 amide bonds. The summed E-state index contributed by atoms with van der Waals surface area (Å²) in [4.78, 5) is 0. The van der Waals surface area contributed by atoms with Gasteiger partial charge in [-0.3, -0.25) is 0 Å². The molecular weight excluding hydrogens is 262 g/mol. The lowest BCUT2D eigenvalue weighted by molar-refractivity contribution is 0.293. The van der Waals surface area contributed by atoms with E-state index in [2.05, 4.69) is 0 Å². The molecule has 0 fully saturated rings. The van der Waals surface area contributed by atoms with Crippen molar-refractivity contribution in [1.29, 1.82) is 0 Å². The van der Waals surface area contributed by atoms with Gasteiger partial charge in [0.2, 0.25) is 10.0 Å². The Balaban J connectivity index is 2.24. The number of fused-ring (bicyclic) bond motifs is 1. The molecule has 1 aromatic rings. The summed E-state index contributed by atoms with van der Waals surface area (Å²) in [6, 6.07) is 7.48. The Kier molecular flexibility index (Phi) is 3.91. The van der Waals surface area contributed by atoms with Crippen LogP contribution in [-0.2, 0) is 16.6 Å². The van der Waals surface area contributed by atoms with E-state index in [0.29, 0.717) is 19.7 Å². The Morgan fingerprint density at radius 1 is 1.35 bits per heavy atom. The highest BCUT2D eigenvalue weighted by Gasteiger charge is 2.24. The number of halogens is 1. The molecule has 0 aromatic heterocycles. The molecule has 0 spiro atoms. The van der Waals surface area contributed by atoms with E-state index in [1.54, 1.807) is 0 Å². The molecule has 17 heavy (non-hydrogen) atoms. The average molecular weight is 276 g/mol. The lowest BCUT2D eigenvalue weighted by Gasteiger charge is -2.18. The molecule has 1 aliphatic rings. The molecule has 0 bridgehead atoms. The smallest absolute Gasteiger partial charge is 0.215 e. The highest BCUT2D eigenvalue weighted by Crippen LogP contribution is 2.23. The normalized spacial score (nSPS) is 17.0. The molecule has 0 saturated carbocycles. The van der Waals surface area contributed by atoms with Crippen molar-refractivity contribution in [3.05, 3.63) is 29.8 Å². The third-order valence-corrected chi connectivity index (χ3v) is 4.88. The summed E-state index contributed by atoms with van der Waals surface area (Å²) in [7, 11) is -3.28. The zero-order valence-electron chi connectivity index (χ0n) is 9.30. The van der Waals surface area contributed by atoms with Crippen molar-refractivity contribution in [2.45, 2.75) is 6.54 Å². The van der Waals surface area contributed by atoms with Crippen LogP contribution in [0.5, 0.6) is 5.75 Å². The van der Waals surface area contributed by atoms with Crippen LogP contribution in [0.4, 0.5) is 0 Å². The average Bonchev–Trinajstić information content (AvgIpc) is 2.51. The van der Waals surface area contributed by atoms with E-state index in [4.69, 9.17) is 16.3 Å². The fourth-order valence-corrected chi connectivity index (χ4v) is 3.49. The summed E-state index contributed by atoms with van der Waals surface area (Å²) in [6.07, 6.45) is 0. The van der Waals surface area contributed by atoms with Gasteiger partial charge in [-0.1, -0.05) is 18.2 Å². The van der Waals surface area contributed by atoms with Gasteiger partial charge in [-0.25, -0.2) is 8.42 Å². The molecule has 0 N–H and O–H groups in total. The number of ether oxygens (including phenoxy) is 1. The highest BCUT2D eigenvalue weighted by molar-refractivity contribution is 7.89. The van der Waals surface area contributed by atoms with Crippen LogP contribution in [0.3, 0.4) is 0 Å². The van der Waals surface area contributed by atoms with Gasteiger partial charge in [0.25, 0.3) is 0 Å². The number of alkyl halides is 1. The molecule has 4 nitrogen and oxygen atoms in total. The van der Waals surface area contributed by atoms with Gasteiger partial charge in [0.15, 0.2) is 0 Å². The molecule has 1 aliphatic heterocycles.